The van der Waals surface area contributed by atoms with E-state index >= 15 is 0 Å². The molecule has 1 heterocycles. The zero-order valence-electron chi connectivity index (χ0n) is 14.4. The second kappa shape index (κ2) is 7.22. The summed E-state index contributed by atoms with van der Waals surface area (Å²) >= 11 is 5.96. The second-order valence-electron chi connectivity index (χ2n) is 6.89. The lowest BCUT2D eigenvalue weighted by Gasteiger charge is -2.35. The first-order valence-electron chi connectivity index (χ1n) is 8.43. The average molecular weight is 367 g/mol. The standard InChI is InChI=1S/C18H23ClN2O4/c1-20(18(23)24)16-10-21(17(22)12-7-14(8-12)25-2)9-15(16)11-3-5-13(19)6-4-11/h3-6,12,14-16H,7-10H2,1-2H3,(H,23,24)/t12?,14?,15-,16+/m0/s1. The maximum Gasteiger partial charge on any atom is 0.407 e. The molecule has 7 heteroatoms. The molecule has 2 fully saturated rings. The molecule has 0 bridgehead atoms. The van der Waals surface area contributed by atoms with Crippen molar-refractivity contribution in [3.05, 3.63) is 34.9 Å². The number of hydrogen-bond acceptors (Lipinski definition) is 3. The maximum absolute atomic E-state index is 12.7. The van der Waals surface area contributed by atoms with Crippen LogP contribution in [0, 0.1) is 5.92 Å². The first-order chi connectivity index (χ1) is 11.9. The Morgan fingerprint density at radius 1 is 1.24 bits per heavy atom. The molecule has 1 aliphatic heterocycles. The number of halogens is 1. The summed E-state index contributed by atoms with van der Waals surface area (Å²) in [6, 6.07) is 7.16. The highest BCUT2D eigenvalue weighted by Gasteiger charge is 2.44. The van der Waals surface area contributed by atoms with Gasteiger partial charge in [-0.05, 0) is 30.5 Å². The summed E-state index contributed by atoms with van der Waals surface area (Å²) in [5.74, 6) is 0.0406. The van der Waals surface area contributed by atoms with Crippen molar-refractivity contribution in [1.29, 1.82) is 0 Å². The number of rotatable bonds is 4. The fourth-order valence-electron chi connectivity index (χ4n) is 3.76. The van der Waals surface area contributed by atoms with E-state index in [1.807, 2.05) is 12.1 Å². The number of likely N-dealkylation sites (N-methyl/N-ethyl adjacent to an activating group) is 1. The second-order valence-corrected chi connectivity index (χ2v) is 7.32. The van der Waals surface area contributed by atoms with Crippen molar-refractivity contribution in [2.45, 2.75) is 30.9 Å². The molecule has 136 valence electrons. The van der Waals surface area contributed by atoms with Crippen LogP contribution in [-0.2, 0) is 9.53 Å². The minimum Gasteiger partial charge on any atom is -0.465 e. The molecule has 3 rings (SSSR count). The number of hydrogen-bond donors (Lipinski definition) is 1. The van der Waals surface area contributed by atoms with Crippen molar-refractivity contribution in [2.75, 3.05) is 27.2 Å². The zero-order valence-corrected chi connectivity index (χ0v) is 15.1. The Morgan fingerprint density at radius 3 is 2.44 bits per heavy atom. The van der Waals surface area contributed by atoms with Gasteiger partial charge in [0.2, 0.25) is 5.91 Å². The van der Waals surface area contributed by atoms with Crippen molar-refractivity contribution in [3.63, 3.8) is 0 Å². The Balaban J connectivity index is 1.76. The summed E-state index contributed by atoms with van der Waals surface area (Å²) in [5.41, 5.74) is 1.00. The molecule has 25 heavy (non-hydrogen) atoms. The van der Waals surface area contributed by atoms with Gasteiger partial charge in [0, 0.05) is 44.1 Å². The van der Waals surface area contributed by atoms with Crippen LogP contribution >= 0.6 is 11.6 Å². The van der Waals surface area contributed by atoms with Crippen LogP contribution in [-0.4, -0.2) is 66.3 Å². The Labute approximate surface area is 152 Å². The van der Waals surface area contributed by atoms with E-state index in [2.05, 4.69) is 0 Å². The number of amides is 2. The molecule has 1 saturated carbocycles. The first kappa shape index (κ1) is 18.0. The van der Waals surface area contributed by atoms with Gasteiger partial charge in [-0.2, -0.15) is 0 Å². The van der Waals surface area contributed by atoms with Crippen LogP contribution in [0.3, 0.4) is 0 Å². The number of carbonyl (C=O) groups is 2. The van der Waals surface area contributed by atoms with Gasteiger partial charge in [-0.1, -0.05) is 23.7 Å². The highest BCUT2D eigenvalue weighted by molar-refractivity contribution is 6.30. The van der Waals surface area contributed by atoms with Gasteiger partial charge in [-0.3, -0.25) is 4.79 Å². The van der Waals surface area contributed by atoms with Gasteiger partial charge in [-0.25, -0.2) is 4.79 Å². The predicted molar refractivity (Wildman–Crippen MR) is 93.9 cm³/mol. The third-order valence-electron chi connectivity index (χ3n) is 5.48. The van der Waals surface area contributed by atoms with E-state index in [-0.39, 0.29) is 29.9 Å². The molecule has 2 amide bonds. The minimum absolute atomic E-state index is 0.00954. The highest BCUT2D eigenvalue weighted by atomic mass is 35.5. The normalized spacial score (nSPS) is 28.5. The number of carboxylic acid groups (broad SMARTS) is 1. The Bertz CT molecular complexity index is 645. The third-order valence-corrected chi connectivity index (χ3v) is 5.73. The van der Waals surface area contributed by atoms with E-state index in [0.717, 1.165) is 18.4 Å². The molecule has 1 aromatic rings. The number of likely N-dealkylation sites (tertiary alicyclic amines) is 1. The quantitative estimate of drug-likeness (QED) is 0.889. The molecule has 0 aromatic heterocycles. The third kappa shape index (κ3) is 3.60. The Kier molecular flexibility index (Phi) is 5.20. The lowest BCUT2D eigenvalue weighted by molar-refractivity contribution is -0.142. The zero-order chi connectivity index (χ0) is 18.1. The topological polar surface area (TPSA) is 70.1 Å². The highest BCUT2D eigenvalue weighted by Crippen LogP contribution is 2.36. The summed E-state index contributed by atoms with van der Waals surface area (Å²) < 4.78 is 5.25. The Morgan fingerprint density at radius 2 is 1.88 bits per heavy atom. The molecule has 2 aliphatic rings. The fourth-order valence-corrected chi connectivity index (χ4v) is 3.88. The van der Waals surface area contributed by atoms with Crippen molar-refractivity contribution in [2.24, 2.45) is 5.92 Å². The van der Waals surface area contributed by atoms with Crippen molar-refractivity contribution < 1.29 is 19.4 Å². The molecular formula is C18H23ClN2O4. The number of nitrogens with zero attached hydrogens (tertiary/aromatic N) is 2. The van der Waals surface area contributed by atoms with Gasteiger partial charge in [0.05, 0.1) is 12.1 Å². The summed E-state index contributed by atoms with van der Waals surface area (Å²) in [6.07, 6.45) is 0.677. The largest absolute Gasteiger partial charge is 0.465 e. The van der Waals surface area contributed by atoms with Crippen LogP contribution in [0.4, 0.5) is 4.79 Å². The van der Waals surface area contributed by atoms with E-state index in [9.17, 15) is 14.7 Å². The lowest BCUT2D eigenvalue weighted by atomic mass is 9.81. The Hall–Kier alpha value is -1.79. The van der Waals surface area contributed by atoms with Crippen LogP contribution in [0.5, 0.6) is 0 Å². The minimum atomic E-state index is -0.985. The van der Waals surface area contributed by atoms with Crippen molar-refractivity contribution >= 4 is 23.6 Å². The number of benzene rings is 1. The molecule has 0 spiro atoms. The van der Waals surface area contributed by atoms with E-state index in [4.69, 9.17) is 16.3 Å². The molecule has 1 saturated heterocycles. The molecule has 2 atom stereocenters. The summed E-state index contributed by atoms with van der Waals surface area (Å²) in [7, 11) is 3.23. The molecule has 0 unspecified atom stereocenters. The predicted octanol–water partition coefficient (Wildman–Crippen LogP) is 2.67. The van der Waals surface area contributed by atoms with Gasteiger partial charge in [-0.15, -0.1) is 0 Å². The van der Waals surface area contributed by atoms with Gasteiger partial charge < -0.3 is 19.6 Å². The van der Waals surface area contributed by atoms with Crippen LogP contribution in [0.1, 0.15) is 24.3 Å². The monoisotopic (exact) mass is 366 g/mol. The van der Waals surface area contributed by atoms with Crippen molar-refractivity contribution in [3.8, 4) is 0 Å². The van der Waals surface area contributed by atoms with E-state index in [1.165, 1.54) is 4.90 Å². The number of methoxy groups -OCH3 is 1. The van der Waals surface area contributed by atoms with Crippen LogP contribution in [0.2, 0.25) is 5.02 Å². The summed E-state index contributed by atoms with van der Waals surface area (Å²) in [5, 5.41) is 10.0. The van der Waals surface area contributed by atoms with Gasteiger partial charge in [0.1, 0.15) is 0 Å². The van der Waals surface area contributed by atoms with E-state index < -0.39 is 6.09 Å². The average Bonchev–Trinajstić information content (AvgIpc) is 2.98. The lowest BCUT2D eigenvalue weighted by Crippen LogP contribution is -2.45. The van der Waals surface area contributed by atoms with Gasteiger partial charge in [0.15, 0.2) is 0 Å². The number of ether oxygens (including phenoxy) is 1. The van der Waals surface area contributed by atoms with Crippen molar-refractivity contribution in [1.82, 2.24) is 9.80 Å². The smallest absolute Gasteiger partial charge is 0.407 e. The van der Waals surface area contributed by atoms with Gasteiger partial charge >= 0.3 is 6.09 Å². The molecule has 1 N–H and O–H groups in total. The summed E-state index contributed by atoms with van der Waals surface area (Å²) in [4.78, 5) is 27.3. The molecule has 1 aromatic carbocycles. The summed E-state index contributed by atoms with van der Waals surface area (Å²) in [6.45, 7) is 0.944. The first-order valence-corrected chi connectivity index (χ1v) is 8.81. The SMILES string of the molecule is COC1CC(C(=O)N2C[C@@H](N(C)C(=O)O)[C@H](c3ccc(Cl)cc3)C2)C1. The fraction of sp³-hybridized carbons (Fsp3) is 0.556. The molecule has 6 nitrogen and oxygen atoms in total. The van der Waals surface area contributed by atoms with Crippen LogP contribution in [0.15, 0.2) is 24.3 Å². The molecule has 0 radical (unpaired) electrons. The molecule has 1 aliphatic carbocycles. The van der Waals surface area contributed by atoms with Crippen LogP contribution in [0.25, 0.3) is 0 Å². The maximum atomic E-state index is 12.7. The van der Waals surface area contributed by atoms with Gasteiger partial charge in [0.25, 0.3) is 0 Å². The molecular weight excluding hydrogens is 344 g/mol. The van der Waals surface area contributed by atoms with E-state index in [0.29, 0.717) is 18.1 Å². The van der Waals surface area contributed by atoms with Crippen LogP contribution < -0.4 is 0 Å². The van der Waals surface area contributed by atoms with E-state index in [1.54, 1.807) is 31.2 Å². The number of carbonyl (C=O) groups excluding carboxylic acids is 1.